The van der Waals surface area contributed by atoms with E-state index in [-0.39, 0.29) is 0 Å². The van der Waals surface area contributed by atoms with Crippen LogP contribution in [0.15, 0.2) is 0 Å². The highest BCUT2D eigenvalue weighted by molar-refractivity contribution is 5.74. The van der Waals surface area contributed by atoms with Gasteiger partial charge < -0.3 is 15.7 Å². The van der Waals surface area contributed by atoms with Crippen molar-refractivity contribution >= 4 is 12.1 Å². The Bertz CT molecular complexity index is 134. The van der Waals surface area contributed by atoms with Crippen LogP contribution in [0.25, 0.3) is 0 Å². The molecule has 0 aromatic heterocycles. The second-order valence-electron chi connectivity index (χ2n) is 1.24. The molecule has 0 aliphatic heterocycles. The van der Waals surface area contributed by atoms with Gasteiger partial charge in [0.15, 0.2) is 0 Å². The fraction of sp³-hybridized carbons (Fsp3) is 0.333. The molecule has 0 aliphatic carbocycles. The molecule has 6 nitrogen and oxygen atoms in total. The van der Waals surface area contributed by atoms with Crippen molar-refractivity contribution in [2.45, 2.75) is 0 Å². The Hall–Kier alpha value is -1.46. The minimum Gasteiger partial charge on any atom is -0.448 e. The topological polar surface area (TPSA) is 99.6 Å². The molecule has 0 bridgehead atoms. The fourth-order valence-electron chi connectivity index (χ4n) is 0.166. The molecular weight excluding hydrogens is 126 g/mol. The summed E-state index contributed by atoms with van der Waals surface area (Å²) < 4.78 is 0. The summed E-state index contributed by atoms with van der Waals surface area (Å²) in [5.41, 5.74) is 4.81. The van der Waals surface area contributed by atoms with Crippen LogP contribution >= 0.6 is 0 Å². The molecule has 0 saturated carbocycles. The molecule has 0 atom stereocenters. The number of nitrogens with one attached hydrogen (secondary N) is 1. The molecule has 0 aromatic rings. The molecule has 6 heteroatoms. The lowest BCUT2D eigenvalue weighted by molar-refractivity contribution is -0.0460. The van der Waals surface area contributed by atoms with Crippen LogP contribution in [-0.2, 0) is 4.84 Å². The van der Waals surface area contributed by atoms with Gasteiger partial charge in [0.25, 0.3) is 0 Å². The van der Waals surface area contributed by atoms with Crippen LogP contribution in [0.5, 0.6) is 0 Å². The number of carbonyl (C=O) groups is 1. The van der Waals surface area contributed by atoms with Crippen molar-refractivity contribution in [1.82, 2.24) is 5.06 Å². The van der Waals surface area contributed by atoms with Crippen molar-refractivity contribution in [3.8, 4) is 0 Å². The predicted octanol–water partition coefficient (Wildman–Crippen LogP) is -0.579. The van der Waals surface area contributed by atoms with E-state index in [4.69, 9.17) is 16.2 Å². The first-order chi connectivity index (χ1) is 4.04. The van der Waals surface area contributed by atoms with Gasteiger partial charge in [-0.1, -0.05) is 0 Å². The average Bonchev–Trinajstić information content (AvgIpc) is 1.63. The van der Waals surface area contributed by atoms with Crippen molar-refractivity contribution in [2.24, 2.45) is 5.73 Å². The Labute approximate surface area is 51.3 Å². The molecular formula is C3H7N3O3. The van der Waals surface area contributed by atoms with E-state index in [0.29, 0.717) is 5.06 Å². The zero-order chi connectivity index (χ0) is 7.44. The number of guanidine groups is 1. The van der Waals surface area contributed by atoms with E-state index < -0.39 is 12.1 Å². The first kappa shape index (κ1) is 7.54. The molecule has 0 saturated heterocycles. The second kappa shape index (κ2) is 2.75. The summed E-state index contributed by atoms with van der Waals surface area (Å²) in [4.78, 5) is 13.6. The van der Waals surface area contributed by atoms with E-state index >= 15 is 0 Å². The van der Waals surface area contributed by atoms with Gasteiger partial charge in [-0.15, -0.1) is 0 Å². The van der Waals surface area contributed by atoms with Crippen LogP contribution in [0.3, 0.4) is 0 Å². The van der Waals surface area contributed by atoms with Crippen molar-refractivity contribution < 1.29 is 14.7 Å². The maximum atomic E-state index is 9.70. The Balaban J connectivity index is 3.63. The quantitative estimate of drug-likeness (QED) is 0.233. The average molecular weight is 133 g/mol. The van der Waals surface area contributed by atoms with E-state index in [1.807, 2.05) is 0 Å². The monoisotopic (exact) mass is 133 g/mol. The molecule has 0 rings (SSSR count). The van der Waals surface area contributed by atoms with Crippen molar-refractivity contribution in [3.63, 3.8) is 0 Å². The molecule has 9 heavy (non-hydrogen) atoms. The zero-order valence-corrected chi connectivity index (χ0v) is 4.79. The SMILES string of the molecule is CN(OC(=O)O)C(=N)N. The van der Waals surface area contributed by atoms with Gasteiger partial charge in [0.2, 0.25) is 5.96 Å². The van der Waals surface area contributed by atoms with Crippen molar-refractivity contribution in [2.75, 3.05) is 7.05 Å². The molecule has 52 valence electrons. The molecule has 0 spiro atoms. The largest absolute Gasteiger partial charge is 0.530 e. The van der Waals surface area contributed by atoms with Gasteiger partial charge in [0.05, 0.1) is 0 Å². The molecule has 0 unspecified atom stereocenters. The number of hydroxylamine groups is 2. The highest BCUT2D eigenvalue weighted by atomic mass is 16.8. The third kappa shape index (κ3) is 3.15. The highest BCUT2D eigenvalue weighted by Gasteiger charge is 2.03. The van der Waals surface area contributed by atoms with Crippen LogP contribution in [0.2, 0.25) is 0 Å². The van der Waals surface area contributed by atoms with E-state index in [0.717, 1.165) is 0 Å². The lowest BCUT2D eigenvalue weighted by atomic mass is 11.0. The molecule has 0 aromatic carbocycles. The Kier molecular flexibility index (Phi) is 2.31. The van der Waals surface area contributed by atoms with Crippen LogP contribution in [-0.4, -0.2) is 29.3 Å². The standard InChI is InChI=1S/C3H7N3O3/c1-6(2(4)5)9-3(7)8/h1H3,(H3,4,5)(H,7,8). The minimum absolute atomic E-state index is 0.461. The zero-order valence-electron chi connectivity index (χ0n) is 4.79. The second-order valence-corrected chi connectivity index (χ2v) is 1.24. The number of rotatable bonds is 0. The third-order valence-electron chi connectivity index (χ3n) is 0.554. The van der Waals surface area contributed by atoms with Crippen molar-refractivity contribution in [1.29, 1.82) is 5.41 Å². The number of hydrogen-bond acceptors (Lipinski definition) is 3. The highest BCUT2D eigenvalue weighted by Crippen LogP contribution is 1.81. The van der Waals surface area contributed by atoms with E-state index in [9.17, 15) is 4.79 Å². The minimum atomic E-state index is -1.49. The van der Waals surface area contributed by atoms with Gasteiger partial charge in [-0.2, -0.15) is 5.06 Å². The predicted molar refractivity (Wildman–Crippen MR) is 28.8 cm³/mol. The van der Waals surface area contributed by atoms with E-state index in [1.165, 1.54) is 7.05 Å². The third-order valence-corrected chi connectivity index (χ3v) is 0.554. The first-order valence-electron chi connectivity index (χ1n) is 2.02. The lowest BCUT2D eigenvalue weighted by Gasteiger charge is -2.11. The van der Waals surface area contributed by atoms with Gasteiger partial charge in [-0.25, -0.2) is 4.79 Å². The first-order valence-corrected chi connectivity index (χ1v) is 2.02. The summed E-state index contributed by atoms with van der Waals surface area (Å²) in [6.45, 7) is 0. The smallest absolute Gasteiger partial charge is 0.448 e. The summed E-state index contributed by atoms with van der Waals surface area (Å²) in [6, 6.07) is 0. The molecule has 0 fully saturated rings. The molecule has 0 radical (unpaired) electrons. The summed E-state index contributed by atoms with van der Waals surface area (Å²) in [7, 11) is 1.22. The summed E-state index contributed by atoms with van der Waals surface area (Å²) in [6.07, 6.45) is -1.49. The number of carboxylic acid groups (broad SMARTS) is 1. The molecule has 0 heterocycles. The summed E-state index contributed by atoms with van der Waals surface area (Å²) in [5.74, 6) is -0.461. The van der Waals surface area contributed by atoms with Crippen LogP contribution in [0, 0.1) is 5.41 Å². The number of nitrogens with two attached hydrogens (primary N) is 1. The number of nitrogens with zero attached hydrogens (tertiary/aromatic N) is 1. The molecule has 0 amide bonds. The summed E-state index contributed by atoms with van der Waals surface area (Å²) in [5, 5.41) is 15.2. The van der Waals surface area contributed by atoms with Gasteiger partial charge in [0, 0.05) is 7.05 Å². The van der Waals surface area contributed by atoms with Gasteiger partial charge in [-0.3, -0.25) is 5.41 Å². The lowest BCUT2D eigenvalue weighted by Crippen LogP contribution is -2.34. The van der Waals surface area contributed by atoms with Gasteiger partial charge in [0.1, 0.15) is 0 Å². The van der Waals surface area contributed by atoms with Crippen LogP contribution in [0.1, 0.15) is 0 Å². The molecule has 0 aliphatic rings. The van der Waals surface area contributed by atoms with E-state index in [1.54, 1.807) is 0 Å². The van der Waals surface area contributed by atoms with Gasteiger partial charge in [-0.05, 0) is 0 Å². The maximum Gasteiger partial charge on any atom is 0.530 e. The van der Waals surface area contributed by atoms with Gasteiger partial charge >= 0.3 is 6.16 Å². The molecule has 4 N–H and O–H groups in total. The van der Waals surface area contributed by atoms with Crippen LogP contribution in [0.4, 0.5) is 4.79 Å². The van der Waals surface area contributed by atoms with Crippen molar-refractivity contribution in [3.05, 3.63) is 0 Å². The Morgan fingerprint density at radius 2 is 2.33 bits per heavy atom. The Morgan fingerprint density at radius 1 is 1.89 bits per heavy atom. The maximum absolute atomic E-state index is 9.70. The normalized spacial score (nSPS) is 8.11. The van der Waals surface area contributed by atoms with E-state index in [2.05, 4.69) is 4.84 Å². The van der Waals surface area contributed by atoms with Crippen LogP contribution < -0.4 is 5.73 Å². The number of hydrogen-bond donors (Lipinski definition) is 3. The Morgan fingerprint density at radius 3 is 2.44 bits per heavy atom. The summed E-state index contributed by atoms with van der Waals surface area (Å²) >= 11 is 0. The fourth-order valence-corrected chi connectivity index (χ4v) is 0.166.